The average Bonchev–Trinajstić information content (AvgIpc) is 2.72. The number of nitrogens with zero attached hydrogens (tertiary/aromatic N) is 3. The van der Waals surface area contributed by atoms with Crippen LogP contribution in [0, 0.1) is 5.82 Å². The van der Waals surface area contributed by atoms with Gasteiger partial charge in [0.05, 0.1) is 6.04 Å². The molecule has 6 nitrogen and oxygen atoms in total. The summed E-state index contributed by atoms with van der Waals surface area (Å²) in [4.78, 5) is 19.4. The monoisotopic (exact) mass is 377 g/mol. The molecule has 0 aliphatic carbocycles. The molecule has 0 bridgehead atoms. The first-order chi connectivity index (χ1) is 13.1. The molecule has 1 atom stereocenters. The molecule has 2 fully saturated rings. The summed E-state index contributed by atoms with van der Waals surface area (Å²) >= 11 is 0. The molecule has 0 spiro atoms. The lowest BCUT2D eigenvalue weighted by atomic mass is 10.2. The summed E-state index contributed by atoms with van der Waals surface area (Å²) in [7, 11) is 0. The van der Waals surface area contributed by atoms with Crippen molar-refractivity contribution < 1.29 is 9.18 Å². The Kier molecular flexibility index (Phi) is 7.43. The fourth-order valence-corrected chi connectivity index (χ4v) is 3.78. The fraction of sp³-hybridized carbons (Fsp3) is 0.650. The van der Waals surface area contributed by atoms with E-state index in [0.717, 1.165) is 77.6 Å². The number of nitrogens with one attached hydrogen (secondary N) is 2. The smallest absolute Gasteiger partial charge is 0.237 e. The highest BCUT2D eigenvalue weighted by molar-refractivity contribution is 5.81. The van der Waals surface area contributed by atoms with E-state index in [2.05, 4.69) is 25.3 Å². The molecule has 0 radical (unpaired) electrons. The zero-order valence-corrected chi connectivity index (χ0v) is 16.3. The van der Waals surface area contributed by atoms with E-state index in [0.29, 0.717) is 0 Å². The standard InChI is InChI=1S/C20H32FN5O/c1-17(20(27)23-7-2-10-24-11-8-22-9-12-24)25-13-15-26(16-14-25)19-5-3-18(21)4-6-19/h3-6,17,22H,2,7-16H2,1H3,(H,23,27). The number of hydrogen-bond acceptors (Lipinski definition) is 5. The number of benzene rings is 1. The molecule has 1 aromatic rings. The molecule has 0 saturated carbocycles. The number of piperazine rings is 2. The van der Waals surface area contributed by atoms with Gasteiger partial charge in [-0.15, -0.1) is 0 Å². The van der Waals surface area contributed by atoms with Crippen LogP contribution in [0.15, 0.2) is 24.3 Å². The van der Waals surface area contributed by atoms with Crippen LogP contribution in [0.5, 0.6) is 0 Å². The van der Waals surface area contributed by atoms with Gasteiger partial charge in [-0.05, 0) is 44.2 Å². The lowest BCUT2D eigenvalue weighted by Gasteiger charge is -2.38. The highest BCUT2D eigenvalue weighted by Gasteiger charge is 2.25. The number of hydrogen-bond donors (Lipinski definition) is 2. The van der Waals surface area contributed by atoms with Crippen LogP contribution < -0.4 is 15.5 Å². The van der Waals surface area contributed by atoms with E-state index in [1.807, 2.05) is 19.1 Å². The summed E-state index contributed by atoms with van der Waals surface area (Å²) in [6.45, 7) is 11.5. The minimum atomic E-state index is -0.209. The SMILES string of the molecule is CC(C(=O)NCCCN1CCNCC1)N1CCN(c2ccc(F)cc2)CC1. The van der Waals surface area contributed by atoms with Gasteiger partial charge in [0, 0.05) is 64.6 Å². The number of rotatable bonds is 7. The zero-order chi connectivity index (χ0) is 19.1. The second-order valence-corrected chi connectivity index (χ2v) is 7.41. The van der Waals surface area contributed by atoms with E-state index in [1.165, 1.54) is 12.1 Å². The Morgan fingerprint density at radius 2 is 1.78 bits per heavy atom. The number of anilines is 1. The van der Waals surface area contributed by atoms with E-state index < -0.39 is 0 Å². The van der Waals surface area contributed by atoms with Crippen LogP contribution in [0.4, 0.5) is 10.1 Å². The van der Waals surface area contributed by atoms with Crippen LogP contribution >= 0.6 is 0 Å². The van der Waals surface area contributed by atoms with Gasteiger partial charge in [-0.25, -0.2) is 4.39 Å². The Bertz CT molecular complexity index is 583. The molecule has 27 heavy (non-hydrogen) atoms. The maximum atomic E-state index is 13.1. The minimum absolute atomic E-state index is 0.112. The third-order valence-electron chi connectivity index (χ3n) is 5.59. The maximum Gasteiger partial charge on any atom is 0.237 e. The third-order valence-corrected chi connectivity index (χ3v) is 5.59. The third kappa shape index (κ3) is 5.89. The van der Waals surface area contributed by atoms with Gasteiger partial charge in [-0.2, -0.15) is 0 Å². The first kappa shape index (κ1) is 20.0. The van der Waals surface area contributed by atoms with Gasteiger partial charge in [0.2, 0.25) is 5.91 Å². The lowest BCUT2D eigenvalue weighted by Crippen LogP contribution is -2.54. The molecule has 2 saturated heterocycles. The van der Waals surface area contributed by atoms with Crippen molar-refractivity contribution in [3.8, 4) is 0 Å². The number of carbonyl (C=O) groups excluding carboxylic acids is 1. The summed E-state index contributed by atoms with van der Waals surface area (Å²) < 4.78 is 13.1. The Balaban J connectivity index is 1.34. The molecule has 0 aromatic heterocycles. The van der Waals surface area contributed by atoms with Gasteiger partial charge < -0.3 is 20.4 Å². The van der Waals surface area contributed by atoms with Crippen molar-refractivity contribution in [2.24, 2.45) is 0 Å². The van der Waals surface area contributed by atoms with Crippen LogP contribution in [0.2, 0.25) is 0 Å². The van der Waals surface area contributed by atoms with Gasteiger partial charge in [0.1, 0.15) is 5.82 Å². The maximum absolute atomic E-state index is 13.1. The topological polar surface area (TPSA) is 50.9 Å². The lowest BCUT2D eigenvalue weighted by molar-refractivity contribution is -0.126. The second kappa shape index (κ2) is 10.0. The van der Waals surface area contributed by atoms with Crippen molar-refractivity contribution in [3.05, 3.63) is 30.1 Å². The normalized spacial score (nSPS) is 20.4. The van der Waals surface area contributed by atoms with E-state index in [9.17, 15) is 9.18 Å². The predicted octanol–water partition coefficient (Wildman–Crippen LogP) is 0.748. The number of carbonyl (C=O) groups is 1. The summed E-state index contributed by atoms with van der Waals surface area (Å²) in [5.41, 5.74) is 1.04. The van der Waals surface area contributed by atoms with Gasteiger partial charge in [-0.1, -0.05) is 0 Å². The Morgan fingerprint density at radius 1 is 1.11 bits per heavy atom. The van der Waals surface area contributed by atoms with Gasteiger partial charge in [0.15, 0.2) is 0 Å². The summed E-state index contributed by atoms with van der Waals surface area (Å²) in [6, 6.07) is 6.52. The Labute approximate surface area is 161 Å². The molecule has 150 valence electrons. The summed E-state index contributed by atoms with van der Waals surface area (Å²) in [5.74, 6) is -0.0924. The molecular formula is C20H32FN5O. The average molecular weight is 378 g/mol. The zero-order valence-electron chi connectivity index (χ0n) is 16.3. The molecule has 2 heterocycles. The van der Waals surface area contributed by atoms with E-state index in [4.69, 9.17) is 0 Å². The van der Waals surface area contributed by atoms with Crippen LogP contribution in [0.25, 0.3) is 0 Å². The quantitative estimate of drug-likeness (QED) is 0.687. The van der Waals surface area contributed by atoms with Crippen molar-refractivity contribution in [1.82, 2.24) is 20.4 Å². The van der Waals surface area contributed by atoms with Gasteiger partial charge >= 0.3 is 0 Å². The van der Waals surface area contributed by atoms with Crippen LogP contribution in [0.1, 0.15) is 13.3 Å². The minimum Gasteiger partial charge on any atom is -0.369 e. The van der Waals surface area contributed by atoms with Crippen LogP contribution in [-0.4, -0.2) is 87.2 Å². The fourth-order valence-electron chi connectivity index (χ4n) is 3.78. The van der Waals surface area contributed by atoms with Gasteiger partial charge in [-0.3, -0.25) is 9.69 Å². The second-order valence-electron chi connectivity index (χ2n) is 7.41. The molecule has 3 rings (SSSR count). The summed E-state index contributed by atoms with van der Waals surface area (Å²) in [6.07, 6.45) is 0.997. The molecule has 2 aliphatic rings. The highest BCUT2D eigenvalue weighted by Crippen LogP contribution is 2.17. The largest absolute Gasteiger partial charge is 0.369 e. The van der Waals surface area contributed by atoms with Crippen LogP contribution in [0.3, 0.4) is 0 Å². The van der Waals surface area contributed by atoms with Crippen molar-refractivity contribution in [1.29, 1.82) is 0 Å². The van der Waals surface area contributed by atoms with E-state index in [1.54, 1.807) is 0 Å². The van der Waals surface area contributed by atoms with Gasteiger partial charge in [0.25, 0.3) is 0 Å². The molecule has 1 aromatic carbocycles. The predicted molar refractivity (Wildman–Crippen MR) is 107 cm³/mol. The highest BCUT2D eigenvalue weighted by atomic mass is 19.1. The van der Waals surface area contributed by atoms with Crippen molar-refractivity contribution in [2.45, 2.75) is 19.4 Å². The Morgan fingerprint density at radius 3 is 2.44 bits per heavy atom. The molecule has 7 heteroatoms. The molecule has 1 unspecified atom stereocenters. The molecule has 1 amide bonds. The first-order valence-electron chi connectivity index (χ1n) is 10.1. The molecule has 2 aliphatic heterocycles. The number of amides is 1. The van der Waals surface area contributed by atoms with Crippen LogP contribution in [-0.2, 0) is 4.79 Å². The van der Waals surface area contributed by atoms with E-state index in [-0.39, 0.29) is 17.8 Å². The van der Waals surface area contributed by atoms with Crippen molar-refractivity contribution in [3.63, 3.8) is 0 Å². The Hall–Kier alpha value is -1.70. The number of halogens is 1. The molecule has 2 N–H and O–H groups in total. The summed E-state index contributed by atoms with van der Waals surface area (Å²) in [5, 5.41) is 6.44. The van der Waals surface area contributed by atoms with Crippen molar-refractivity contribution >= 4 is 11.6 Å². The first-order valence-corrected chi connectivity index (χ1v) is 10.1. The van der Waals surface area contributed by atoms with Crippen molar-refractivity contribution in [2.75, 3.05) is 70.3 Å². The van der Waals surface area contributed by atoms with E-state index >= 15 is 0 Å². The molecular weight excluding hydrogens is 345 g/mol.